The first-order chi connectivity index (χ1) is 11.7. The number of hydrogen-bond acceptors (Lipinski definition) is 5. The van der Waals surface area contributed by atoms with Crippen LogP contribution in [0.25, 0.3) is 15.3 Å². The van der Waals surface area contributed by atoms with Crippen LogP contribution in [-0.4, -0.2) is 15.3 Å². The number of nitrogens with zero attached hydrogens (tertiary/aromatic N) is 3. The van der Waals surface area contributed by atoms with E-state index in [1.807, 2.05) is 41.1 Å². The van der Waals surface area contributed by atoms with E-state index >= 15 is 0 Å². The Bertz CT molecular complexity index is 1080. The highest BCUT2D eigenvalue weighted by molar-refractivity contribution is 7.21. The standard InChI is InChI=1S/C17H12N4OS2/c1-10(12-4-2-11(9-18)3-5-12)19-15(22)14-8-13-16(24-14)20-17-21(13)6-7-23-17/h2-8,10H,1H3,(H,19,22). The van der Waals surface area contributed by atoms with E-state index < -0.39 is 0 Å². The monoisotopic (exact) mass is 352 g/mol. The lowest BCUT2D eigenvalue weighted by Crippen LogP contribution is -2.25. The molecule has 4 aromatic rings. The topological polar surface area (TPSA) is 70.2 Å². The second-order valence-electron chi connectivity index (χ2n) is 5.40. The Labute approximate surface area is 145 Å². The SMILES string of the molecule is CC(NC(=O)c1cc2c(nc3sccn32)s1)c1ccc(C#N)cc1. The maximum absolute atomic E-state index is 12.5. The number of thiophene rings is 1. The predicted octanol–water partition coefficient (Wildman–Crippen LogP) is 3.97. The van der Waals surface area contributed by atoms with Crippen LogP contribution < -0.4 is 5.32 Å². The molecule has 3 heterocycles. The third kappa shape index (κ3) is 2.46. The number of carbonyl (C=O) groups is 1. The lowest BCUT2D eigenvalue weighted by atomic mass is 10.1. The molecule has 24 heavy (non-hydrogen) atoms. The minimum absolute atomic E-state index is 0.112. The zero-order valence-electron chi connectivity index (χ0n) is 12.7. The average Bonchev–Trinajstić information content (AvgIpc) is 3.26. The summed E-state index contributed by atoms with van der Waals surface area (Å²) in [5.74, 6) is -0.112. The van der Waals surface area contributed by atoms with E-state index in [9.17, 15) is 4.79 Å². The normalized spacial score (nSPS) is 12.3. The fourth-order valence-electron chi connectivity index (χ4n) is 2.56. The van der Waals surface area contributed by atoms with Gasteiger partial charge in [-0.05, 0) is 30.7 Å². The number of imidazole rings is 1. The number of amides is 1. The largest absolute Gasteiger partial charge is 0.345 e. The van der Waals surface area contributed by atoms with E-state index in [-0.39, 0.29) is 11.9 Å². The fraction of sp³-hybridized carbons (Fsp3) is 0.118. The van der Waals surface area contributed by atoms with Crippen LogP contribution in [0.2, 0.25) is 0 Å². The van der Waals surface area contributed by atoms with Crippen LogP contribution in [0.1, 0.15) is 33.8 Å². The third-order valence-electron chi connectivity index (χ3n) is 3.85. The number of nitriles is 1. The Balaban J connectivity index is 1.56. The van der Waals surface area contributed by atoms with E-state index in [0.717, 1.165) is 20.9 Å². The Hall–Kier alpha value is -2.69. The number of nitrogens with one attached hydrogen (secondary N) is 1. The van der Waals surface area contributed by atoms with E-state index in [1.165, 1.54) is 11.3 Å². The summed E-state index contributed by atoms with van der Waals surface area (Å²) >= 11 is 2.98. The number of aromatic nitrogens is 2. The molecule has 0 radical (unpaired) electrons. The van der Waals surface area contributed by atoms with Gasteiger partial charge in [-0.25, -0.2) is 4.98 Å². The molecule has 0 bridgehead atoms. The summed E-state index contributed by atoms with van der Waals surface area (Å²) in [6.07, 6.45) is 1.96. The Morgan fingerprint density at radius 1 is 1.38 bits per heavy atom. The molecule has 7 heteroatoms. The van der Waals surface area contributed by atoms with Gasteiger partial charge in [0.2, 0.25) is 0 Å². The van der Waals surface area contributed by atoms with Crippen molar-refractivity contribution in [3.05, 3.63) is 57.9 Å². The van der Waals surface area contributed by atoms with Crippen molar-refractivity contribution < 1.29 is 4.79 Å². The van der Waals surface area contributed by atoms with Gasteiger partial charge in [0, 0.05) is 11.6 Å². The lowest BCUT2D eigenvalue weighted by molar-refractivity contribution is 0.0944. The van der Waals surface area contributed by atoms with Crippen LogP contribution in [0.15, 0.2) is 41.9 Å². The summed E-state index contributed by atoms with van der Waals surface area (Å²) in [5.41, 5.74) is 2.54. The van der Waals surface area contributed by atoms with Crippen LogP contribution in [0.4, 0.5) is 0 Å². The molecule has 1 atom stereocenters. The molecule has 1 amide bonds. The van der Waals surface area contributed by atoms with E-state index in [2.05, 4.69) is 16.4 Å². The van der Waals surface area contributed by atoms with Crippen LogP contribution in [0.3, 0.4) is 0 Å². The summed E-state index contributed by atoms with van der Waals surface area (Å²) < 4.78 is 2.00. The average molecular weight is 352 g/mol. The smallest absolute Gasteiger partial charge is 0.261 e. The van der Waals surface area contributed by atoms with Crippen molar-refractivity contribution in [3.8, 4) is 6.07 Å². The highest BCUT2D eigenvalue weighted by atomic mass is 32.1. The van der Waals surface area contributed by atoms with Gasteiger partial charge < -0.3 is 5.32 Å². The number of benzene rings is 1. The van der Waals surface area contributed by atoms with Crippen LogP contribution >= 0.6 is 22.7 Å². The fourth-order valence-corrected chi connectivity index (χ4v) is 4.26. The lowest BCUT2D eigenvalue weighted by Gasteiger charge is -2.13. The summed E-state index contributed by atoms with van der Waals surface area (Å²) in [6, 6.07) is 11.1. The molecule has 0 aliphatic rings. The van der Waals surface area contributed by atoms with Crippen molar-refractivity contribution >= 4 is 43.9 Å². The second kappa shape index (κ2) is 5.74. The maximum Gasteiger partial charge on any atom is 0.261 e. The van der Waals surface area contributed by atoms with Gasteiger partial charge in [0.05, 0.1) is 28.1 Å². The Kier molecular flexibility index (Phi) is 3.56. The van der Waals surface area contributed by atoms with Gasteiger partial charge in [0.15, 0.2) is 4.96 Å². The predicted molar refractivity (Wildman–Crippen MR) is 95.5 cm³/mol. The van der Waals surface area contributed by atoms with Gasteiger partial charge in [0.25, 0.3) is 5.91 Å². The molecule has 0 aliphatic heterocycles. The van der Waals surface area contributed by atoms with Crippen molar-refractivity contribution in [2.45, 2.75) is 13.0 Å². The number of fused-ring (bicyclic) bond motifs is 3. The zero-order chi connectivity index (χ0) is 16.7. The Morgan fingerprint density at radius 3 is 2.92 bits per heavy atom. The minimum atomic E-state index is -0.136. The van der Waals surface area contributed by atoms with Crippen molar-refractivity contribution in [2.75, 3.05) is 0 Å². The maximum atomic E-state index is 12.5. The quantitative estimate of drug-likeness (QED) is 0.606. The summed E-state index contributed by atoms with van der Waals surface area (Å²) in [5, 5.41) is 13.8. The molecule has 4 rings (SSSR count). The van der Waals surface area contributed by atoms with Crippen LogP contribution in [-0.2, 0) is 0 Å². The van der Waals surface area contributed by atoms with Crippen molar-refractivity contribution in [3.63, 3.8) is 0 Å². The number of carbonyl (C=O) groups excluding carboxylic acids is 1. The number of rotatable bonds is 3. The van der Waals surface area contributed by atoms with Crippen LogP contribution in [0, 0.1) is 11.3 Å². The first-order valence-corrected chi connectivity index (χ1v) is 9.01. The van der Waals surface area contributed by atoms with Gasteiger partial charge in [-0.1, -0.05) is 12.1 Å². The first kappa shape index (κ1) is 14.9. The second-order valence-corrected chi connectivity index (χ2v) is 7.30. The highest BCUT2D eigenvalue weighted by Gasteiger charge is 2.17. The Morgan fingerprint density at radius 2 is 2.17 bits per heavy atom. The molecule has 1 unspecified atom stereocenters. The third-order valence-corrected chi connectivity index (χ3v) is 5.62. The van der Waals surface area contributed by atoms with Gasteiger partial charge in [-0.15, -0.1) is 22.7 Å². The summed E-state index contributed by atoms with van der Waals surface area (Å²) in [4.78, 5) is 19.5. The van der Waals surface area contributed by atoms with Gasteiger partial charge in [-0.3, -0.25) is 9.20 Å². The molecular weight excluding hydrogens is 340 g/mol. The molecule has 0 fully saturated rings. The van der Waals surface area contributed by atoms with E-state index in [4.69, 9.17) is 5.26 Å². The van der Waals surface area contributed by atoms with Gasteiger partial charge >= 0.3 is 0 Å². The van der Waals surface area contributed by atoms with E-state index in [1.54, 1.807) is 23.5 Å². The molecule has 1 aromatic carbocycles. The van der Waals surface area contributed by atoms with E-state index in [0.29, 0.717) is 10.4 Å². The highest BCUT2D eigenvalue weighted by Crippen LogP contribution is 2.28. The molecule has 3 aromatic heterocycles. The summed E-state index contributed by atoms with van der Waals surface area (Å²) in [7, 11) is 0. The van der Waals surface area contributed by atoms with Gasteiger partial charge in [-0.2, -0.15) is 5.26 Å². The number of thiazole rings is 1. The molecule has 118 valence electrons. The van der Waals surface area contributed by atoms with Crippen LogP contribution in [0.5, 0.6) is 0 Å². The molecular formula is C17H12N4OS2. The van der Waals surface area contributed by atoms with Crippen molar-refractivity contribution in [1.29, 1.82) is 5.26 Å². The summed E-state index contributed by atoms with van der Waals surface area (Å²) in [6.45, 7) is 1.93. The van der Waals surface area contributed by atoms with Crippen molar-refractivity contribution in [1.82, 2.24) is 14.7 Å². The van der Waals surface area contributed by atoms with Gasteiger partial charge in [0.1, 0.15) is 4.83 Å². The molecule has 5 nitrogen and oxygen atoms in total. The minimum Gasteiger partial charge on any atom is -0.345 e. The number of hydrogen-bond donors (Lipinski definition) is 1. The molecule has 0 spiro atoms. The first-order valence-electron chi connectivity index (χ1n) is 7.32. The van der Waals surface area contributed by atoms with Crippen molar-refractivity contribution in [2.24, 2.45) is 0 Å². The molecule has 0 saturated carbocycles. The zero-order valence-corrected chi connectivity index (χ0v) is 14.3. The molecule has 1 N–H and O–H groups in total. The molecule has 0 saturated heterocycles. The molecule has 0 aliphatic carbocycles.